The molecule has 0 radical (unpaired) electrons. The number of rotatable bonds is 5. The average molecular weight is 270 g/mol. The van der Waals surface area contributed by atoms with Crippen LogP contribution in [0.4, 0.5) is 0 Å². The van der Waals surface area contributed by atoms with E-state index in [1.807, 2.05) is 32.6 Å². The second-order valence-corrected chi connectivity index (χ2v) is 5.82. The van der Waals surface area contributed by atoms with Gasteiger partial charge in [0, 0.05) is 5.54 Å². The molecule has 1 amide bonds. The van der Waals surface area contributed by atoms with Crippen molar-refractivity contribution in [3.8, 4) is 0 Å². The molecule has 0 spiro atoms. The van der Waals surface area contributed by atoms with Gasteiger partial charge < -0.3 is 10.1 Å². The molecule has 2 unspecified atom stereocenters. The van der Waals surface area contributed by atoms with E-state index in [0.717, 1.165) is 25.8 Å². The van der Waals surface area contributed by atoms with Gasteiger partial charge in [-0.3, -0.25) is 14.5 Å². The Morgan fingerprint density at radius 1 is 1.47 bits per heavy atom. The fourth-order valence-corrected chi connectivity index (χ4v) is 2.32. The van der Waals surface area contributed by atoms with Crippen molar-refractivity contribution in [3.63, 3.8) is 0 Å². The molecule has 19 heavy (non-hydrogen) atoms. The molecule has 0 saturated carbocycles. The number of methoxy groups -OCH3 is 1. The Labute approximate surface area is 115 Å². The van der Waals surface area contributed by atoms with Crippen molar-refractivity contribution in [1.82, 2.24) is 10.2 Å². The molecule has 110 valence electrons. The lowest BCUT2D eigenvalue weighted by atomic mass is 10.0. The molecule has 5 heteroatoms. The van der Waals surface area contributed by atoms with Crippen molar-refractivity contribution in [2.75, 3.05) is 13.7 Å². The quantitative estimate of drug-likeness (QED) is 0.765. The van der Waals surface area contributed by atoms with Gasteiger partial charge in [-0.2, -0.15) is 0 Å². The second kappa shape index (κ2) is 6.37. The highest BCUT2D eigenvalue weighted by atomic mass is 16.5. The maximum absolute atomic E-state index is 12.3. The van der Waals surface area contributed by atoms with Gasteiger partial charge in [0.1, 0.15) is 6.04 Å². The largest absolute Gasteiger partial charge is 0.468 e. The van der Waals surface area contributed by atoms with Crippen LogP contribution in [0.1, 0.15) is 47.0 Å². The molecule has 2 atom stereocenters. The van der Waals surface area contributed by atoms with Crippen LogP contribution in [0, 0.1) is 0 Å². The number of esters is 1. The maximum atomic E-state index is 12.3. The van der Waals surface area contributed by atoms with Crippen LogP contribution in [0.3, 0.4) is 0 Å². The number of likely N-dealkylation sites (tertiary alicyclic amines) is 1. The van der Waals surface area contributed by atoms with E-state index in [9.17, 15) is 9.59 Å². The maximum Gasteiger partial charge on any atom is 0.323 e. The van der Waals surface area contributed by atoms with Gasteiger partial charge in [0.25, 0.3) is 0 Å². The highest BCUT2D eigenvalue weighted by Gasteiger charge is 2.37. The summed E-state index contributed by atoms with van der Waals surface area (Å²) in [6, 6.07) is -0.590. The van der Waals surface area contributed by atoms with Crippen LogP contribution >= 0.6 is 0 Å². The van der Waals surface area contributed by atoms with Crippen molar-refractivity contribution in [2.45, 2.75) is 64.6 Å². The van der Waals surface area contributed by atoms with Gasteiger partial charge in [-0.05, 0) is 46.6 Å². The van der Waals surface area contributed by atoms with Crippen LogP contribution in [0.15, 0.2) is 0 Å². The number of hydrogen-bond acceptors (Lipinski definition) is 4. The third kappa shape index (κ3) is 3.93. The molecule has 1 rings (SSSR count). The highest BCUT2D eigenvalue weighted by Crippen LogP contribution is 2.21. The normalized spacial score (nSPS) is 22.1. The highest BCUT2D eigenvalue weighted by molar-refractivity contribution is 5.83. The predicted octanol–water partition coefficient (Wildman–Crippen LogP) is 1.32. The summed E-state index contributed by atoms with van der Waals surface area (Å²) in [6.45, 7) is 8.65. The Morgan fingerprint density at radius 3 is 2.63 bits per heavy atom. The Kier molecular flexibility index (Phi) is 5.35. The van der Waals surface area contributed by atoms with Crippen molar-refractivity contribution >= 4 is 11.9 Å². The standard InChI is InChI=1S/C14H26N2O3/c1-6-14(3,4)15-12(17)10(2)16-9-7-8-11(16)13(18)19-5/h10-11H,6-9H2,1-5H3,(H,15,17). The minimum absolute atomic E-state index is 0.0253. The van der Waals surface area contributed by atoms with E-state index in [1.165, 1.54) is 7.11 Å². The van der Waals surface area contributed by atoms with E-state index in [-0.39, 0.29) is 29.5 Å². The summed E-state index contributed by atoms with van der Waals surface area (Å²) in [4.78, 5) is 25.9. The molecular weight excluding hydrogens is 244 g/mol. The van der Waals surface area contributed by atoms with Gasteiger partial charge >= 0.3 is 5.97 Å². The lowest BCUT2D eigenvalue weighted by Crippen LogP contribution is -2.54. The van der Waals surface area contributed by atoms with E-state index >= 15 is 0 Å². The van der Waals surface area contributed by atoms with Crippen molar-refractivity contribution in [2.24, 2.45) is 0 Å². The topological polar surface area (TPSA) is 58.6 Å². The smallest absolute Gasteiger partial charge is 0.323 e. The van der Waals surface area contributed by atoms with E-state index in [2.05, 4.69) is 5.32 Å². The molecule has 1 aliphatic rings. The summed E-state index contributed by atoms with van der Waals surface area (Å²) >= 11 is 0. The predicted molar refractivity (Wildman–Crippen MR) is 73.7 cm³/mol. The molecule has 0 bridgehead atoms. The number of hydrogen-bond donors (Lipinski definition) is 1. The molecule has 0 aromatic heterocycles. The number of amides is 1. The molecule has 1 heterocycles. The molecule has 0 aromatic rings. The molecule has 1 aliphatic heterocycles. The summed E-state index contributed by atoms with van der Waals surface area (Å²) in [5.74, 6) is -0.269. The summed E-state index contributed by atoms with van der Waals surface area (Å²) in [5, 5.41) is 3.03. The van der Waals surface area contributed by atoms with Gasteiger partial charge in [-0.15, -0.1) is 0 Å². The van der Waals surface area contributed by atoms with E-state index in [4.69, 9.17) is 4.74 Å². The summed E-state index contributed by atoms with van der Waals surface area (Å²) in [7, 11) is 1.39. The van der Waals surface area contributed by atoms with Crippen LogP contribution in [-0.2, 0) is 14.3 Å². The zero-order chi connectivity index (χ0) is 14.6. The van der Waals surface area contributed by atoms with Crippen LogP contribution in [0.5, 0.6) is 0 Å². The fourth-order valence-electron chi connectivity index (χ4n) is 2.32. The van der Waals surface area contributed by atoms with Gasteiger partial charge in [0.05, 0.1) is 13.2 Å². The first-order chi connectivity index (χ1) is 8.82. The Hall–Kier alpha value is -1.10. The summed E-state index contributed by atoms with van der Waals surface area (Å²) < 4.78 is 4.80. The molecule has 0 aromatic carbocycles. The third-order valence-corrected chi connectivity index (χ3v) is 3.99. The number of nitrogens with zero attached hydrogens (tertiary/aromatic N) is 1. The number of carbonyl (C=O) groups excluding carboxylic acids is 2. The molecule has 1 fully saturated rings. The van der Waals surface area contributed by atoms with E-state index in [0.29, 0.717) is 0 Å². The fraction of sp³-hybridized carbons (Fsp3) is 0.857. The second-order valence-electron chi connectivity index (χ2n) is 5.82. The number of nitrogens with one attached hydrogen (secondary N) is 1. The van der Waals surface area contributed by atoms with Crippen molar-refractivity contribution in [1.29, 1.82) is 0 Å². The summed E-state index contributed by atoms with van der Waals surface area (Å²) in [6.07, 6.45) is 2.56. The van der Waals surface area contributed by atoms with Crippen molar-refractivity contribution in [3.05, 3.63) is 0 Å². The van der Waals surface area contributed by atoms with E-state index in [1.54, 1.807) is 0 Å². The molecule has 1 saturated heterocycles. The SMILES string of the molecule is CCC(C)(C)NC(=O)C(C)N1CCCC1C(=O)OC. The number of ether oxygens (including phenoxy) is 1. The molecule has 5 nitrogen and oxygen atoms in total. The van der Waals surface area contributed by atoms with Crippen LogP contribution < -0.4 is 5.32 Å². The van der Waals surface area contributed by atoms with Crippen LogP contribution in [-0.4, -0.2) is 48.1 Å². The van der Waals surface area contributed by atoms with Crippen LogP contribution in [0.25, 0.3) is 0 Å². The third-order valence-electron chi connectivity index (χ3n) is 3.99. The van der Waals surface area contributed by atoms with Gasteiger partial charge in [-0.25, -0.2) is 0 Å². The lowest BCUT2D eigenvalue weighted by molar-refractivity contribution is -0.147. The van der Waals surface area contributed by atoms with Gasteiger partial charge in [-0.1, -0.05) is 6.92 Å². The average Bonchev–Trinajstić information content (AvgIpc) is 2.85. The van der Waals surface area contributed by atoms with Crippen molar-refractivity contribution < 1.29 is 14.3 Å². The monoisotopic (exact) mass is 270 g/mol. The van der Waals surface area contributed by atoms with Gasteiger partial charge in [0.15, 0.2) is 0 Å². The van der Waals surface area contributed by atoms with Gasteiger partial charge in [0.2, 0.25) is 5.91 Å². The molecule has 0 aliphatic carbocycles. The summed E-state index contributed by atoms with van der Waals surface area (Å²) in [5.41, 5.74) is -0.216. The first-order valence-corrected chi connectivity index (χ1v) is 6.98. The first kappa shape index (κ1) is 16.0. The first-order valence-electron chi connectivity index (χ1n) is 6.98. The molecule has 1 N–H and O–H groups in total. The lowest BCUT2D eigenvalue weighted by Gasteiger charge is -2.32. The zero-order valence-electron chi connectivity index (χ0n) is 12.7. The minimum Gasteiger partial charge on any atom is -0.468 e. The Balaban J connectivity index is 2.68. The van der Waals surface area contributed by atoms with E-state index < -0.39 is 0 Å². The Morgan fingerprint density at radius 2 is 2.11 bits per heavy atom. The molecular formula is C14H26N2O3. The minimum atomic E-state index is -0.308. The Bertz CT molecular complexity index is 342. The number of carbonyl (C=O) groups is 2. The zero-order valence-corrected chi connectivity index (χ0v) is 12.7. The van der Waals surface area contributed by atoms with Crippen LogP contribution in [0.2, 0.25) is 0 Å².